The zero-order chi connectivity index (χ0) is 19.0. The number of likely N-dealkylation sites (tertiary alicyclic amines) is 1. The number of carbonyl (C=O) groups excluding carboxylic acids is 1. The van der Waals surface area contributed by atoms with Crippen LogP contribution in [0.3, 0.4) is 0 Å². The Morgan fingerprint density at radius 3 is 3.00 bits per heavy atom. The number of carbonyl (C=O) groups is 1. The average molecular weight is 367 g/mol. The predicted molar refractivity (Wildman–Crippen MR) is 101 cm³/mol. The molecular formula is C20H22FN5O. The predicted octanol–water partition coefficient (Wildman–Crippen LogP) is 2.47. The Morgan fingerprint density at radius 1 is 1.37 bits per heavy atom. The van der Waals surface area contributed by atoms with Crippen molar-refractivity contribution in [1.29, 1.82) is 0 Å². The quantitative estimate of drug-likeness (QED) is 0.768. The molecule has 2 aromatic heterocycles. The molecule has 1 aromatic carbocycles. The lowest BCUT2D eigenvalue weighted by Gasteiger charge is -2.16. The van der Waals surface area contributed by atoms with Crippen molar-refractivity contribution in [1.82, 2.24) is 19.7 Å². The van der Waals surface area contributed by atoms with Crippen molar-refractivity contribution in [3.63, 3.8) is 0 Å². The summed E-state index contributed by atoms with van der Waals surface area (Å²) in [5, 5.41) is 5.74. The van der Waals surface area contributed by atoms with Crippen LogP contribution in [-0.2, 0) is 6.54 Å². The number of nitrogens with two attached hydrogens (primary N) is 1. The van der Waals surface area contributed by atoms with Crippen LogP contribution in [0.4, 0.5) is 4.39 Å². The van der Waals surface area contributed by atoms with Gasteiger partial charge in [-0.15, -0.1) is 0 Å². The van der Waals surface area contributed by atoms with Gasteiger partial charge in [0.05, 0.1) is 12.2 Å². The molecule has 1 aliphatic rings. The maximum atomic E-state index is 13.8. The number of halogens is 1. The first kappa shape index (κ1) is 17.6. The van der Waals surface area contributed by atoms with Gasteiger partial charge in [-0.05, 0) is 43.2 Å². The summed E-state index contributed by atoms with van der Waals surface area (Å²) in [5.41, 5.74) is 8.39. The molecule has 0 spiro atoms. The van der Waals surface area contributed by atoms with E-state index in [-0.39, 0.29) is 17.6 Å². The number of benzene rings is 1. The highest BCUT2D eigenvalue weighted by molar-refractivity contribution is 5.94. The highest BCUT2D eigenvalue weighted by Crippen LogP contribution is 2.32. The lowest BCUT2D eigenvalue weighted by atomic mass is 10.0. The number of amides is 1. The van der Waals surface area contributed by atoms with Crippen LogP contribution in [0.5, 0.6) is 0 Å². The molecule has 3 aromatic rings. The fraction of sp³-hybridized carbons (Fsp3) is 0.350. The molecule has 4 rings (SSSR count). The maximum Gasteiger partial charge on any atom is 0.253 e. The van der Waals surface area contributed by atoms with Gasteiger partial charge in [-0.3, -0.25) is 4.79 Å². The Morgan fingerprint density at radius 2 is 2.22 bits per heavy atom. The van der Waals surface area contributed by atoms with E-state index in [0.717, 1.165) is 23.1 Å². The summed E-state index contributed by atoms with van der Waals surface area (Å²) < 4.78 is 15.7. The van der Waals surface area contributed by atoms with Crippen LogP contribution in [0.1, 0.15) is 34.0 Å². The molecule has 1 atom stereocenters. The van der Waals surface area contributed by atoms with Crippen molar-refractivity contribution in [2.24, 2.45) is 5.73 Å². The van der Waals surface area contributed by atoms with Crippen LogP contribution in [-0.4, -0.2) is 45.2 Å². The zero-order valence-corrected chi connectivity index (χ0v) is 15.2. The van der Waals surface area contributed by atoms with Gasteiger partial charge in [0.15, 0.2) is 5.65 Å². The summed E-state index contributed by atoms with van der Waals surface area (Å²) in [5.74, 6) is -0.357. The van der Waals surface area contributed by atoms with Crippen LogP contribution in [0, 0.1) is 12.7 Å². The van der Waals surface area contributed by atoms with E-state index in [4.69, 9.17) is 10.8 Å². The van der Waals surface area contributed by atoms with Gasteiger partial charge in [0.2, 0.25) is 0 Å². The van der Waals surface area contributed by atoms with Gasteiger partial charge in [0.1, 0.15) is 5.82 Å². The first-order chi connectivity index (χ1) is 13.1. The third kappa shape index (κ3) is 3.19. The highest BCUT2D eigenvalue weighted by atomic mass is 19.1. The first-order valence-electron chi connectivity index (χ1n) is 9.15. The number of pyridine rings is 1. The minimum Gasteiger partial charge on any atom is -0.338 e. The van der Waals surface area contributed by atoms with Crippen LogP contribution < -0.4 is 5.73 Å². The number of hydrogen-bond acceptors (Lipinski definition) is 4. The fourth-order valence-electron chi connectivity index (χ4n) is 3.69. The molecule has 3 heterocycles. The van der Waals surface area contributed by atoms with E-state index in [1.165, 1.54) is 6.07 Å². The lowest BCUT2D eigenvalue weighted by molar-refractivity contribution is 0.0790. The molecule has 6 nitrogen and oxygen atoms in total. The van der Waals surface area contributed by atoms with Crippen LogP contribution in [0.15, 0.2) is 36.5 Å². The minimum atomic E-state index is -0.353. The van der Waals surface area contributed by atoms with E-state index < -0.39 is 0 Å². The Kier molecular flexibility index (Phi) is 4.61. The number of aromatic nitrogens is 3. The SMILES string of the molecule is Cc1ccc(C(=O)N2CC[C@H](c3nn(CCN)c4ncccc34)C2)cc1F. The smallest absolute Gasteiger partial charge is 0.253 e. The third-order valence-corrected chi connectivity index (χ3v) is 5.16. The molecule has 1 aliphatic heterocycles. The summed E-state index contributed by atoms with van der Waals surface area (Å²) in [4.78, 5) is 19.0. The van der Waals surface area contributed by atoms with Crippen molar-refractivity contribution < 1.29 is 9.18 Å². The number of hydrogen-bond donors (Lipinski definition) is 1. The van der Waals surface area contributed by atoms with E-state index in [9.17, 15) is 9.18 Å². The molecule has 0 unspecified atom stereocenters. The van der Waals surface area contributed by atoms with Crippen molar-refractivity contribution in [3.05, 3.63) is 59.2 Å². The number of nitrogens with zero attached hydrogens (tertiary/aromatic N) is 4. The normalized spacial score (nSPS) is 17.0. The van der Waals surface area contributed by atoms with Crippen LogP contribution in [0.25, 0.3) is 11.0 Å². The monoisotopic (exact) mass is 367 g/mol. The van der Waals surface area contributed by atoms with E-state index >= 15 is 0 Å². The maximum absolute atomic E-state index is 13.8. The standard InChI is InChI=1S/C20H22FN5O/c1-13-4-5-14(11-17(13)21)20(27)25-9-6-15(12-25)18-16-3-2-8-23-19(16)26(24-18)10-7-22/h2-5,8,11,15H,6-7,9-10,12,22H2,1H3/t15-/m0/s1. The molecule has 0 aliphatic carbocycles. The molecule has 0 saturated carbocycles. The van der Waals surface area contributed by atoms with E-state index in [2.05, 4.69) is 4.98 Å². The van der Waals surface area contributed by atoms with Crippen molar-refractivity contribution >= 4 is 16.9 Å². The number of fused-ring (bicyclic) bond motifs is 1. The molecule has 0 radical (unpaired) electrons. The Labute approximate surface area is 156 Å². The molecule has 1 amide bonds. The Balaban J connectivity index is 1.58. The molecule has 0 bridgehead atoms. The second kappa shape index (κ2) is 7.08. The highest BCUT2D eigenvalue weighted by Gasteiger charge is 2.31. The van der Waals surface area contributed by atoms with E-state index in [0.29, 0.717) is 37.3 Å². The van der Waals surface area contributed by atoms with Crippen molar-refractivity contribution in [2.75, 3.05) is 19.6 Å². The fourth-order valence-corrected chi connectivity index (χ4v) is 3.69. The van der Waals surface area contributed by atoms with Gasteiger partial charge < -0.3 is 10.6 Å². The second-order valence-corrected chi connectivity index (χ2v) is 6.97. The van der Waals surface area contributed by atoms with Crippen LogP contribution in [0.2, 0.25) is 0 Å². The third-order valence-electron chi connectivity index (χ3n) is 5.16. The van der Waals surface area contributed by atoms with Crippen LogP contribution >= 0.6 is 0 Å². The summed E-state index contributed by atoms with van der Waals surface area (Å²) in [6.07, 6.45) is 2.57. The summed E-state index contributed by atoms with van der Waals surface area (Å²) in [7, 11) is 0. The summed E-state index contributed by atoms with van der Waals surface area (Å²) >= 11 is 0. The molecule has 2 N–H and O–H groups in total. The van der Waals surface area contributed by atoms with Gasteiger partial charge in [-0.25, -0.2) is 14.1 Å². The molecule has 1 fully saturated rings. The molecule has 1 saturated heterocycles. The van der Waals surface area contributed by atoms with Gasteiger partial charge in [0.25, 0.3) is 5.91 Å². The summed E-state index contributed by atoms with van der Waals surface area (Å²) in [6.45, 7) is 3.97. The molecule has 27 heavy (non-hydrogen) atoms. The second-order valence-electron chi connectivity index (χ2n) is 6.97. The van der Waals surface area contributed by atoms with Gasteiger partial charge in [-0.1, -0.05) is 6.07 Å². The largest absolute Gasteiger partial charge is 0.338 e. The van der Waals surface area contributed by atoms with Gasteiger partial charge in [0, 0.05) is 42.7 Å². The lowest BCUT2D eigenvalue weighted by Crippen LogP contribution is -2.28. The van der Waals surface area contributed by atoms with E-state index in [1.54, 1.807) is 30.2 Å². The zero-order valence-electron chi connectivity index (χ0n) is 15.2. The number of rotatable bonds is 4. The molecular weight excluding hydrogens is 345 g/mol. The van der Waals surface area contributed by atoms with E-state index in [1.807, 2.05) is 16.8 Å². The Hall–Kier alpha value is -2.80. The Bertz CT molecular complexity index is 999. The molecule has 140 valence electrons. The molecule has 7 heteroatoms. The number of aryl methyl sites for hydroxylation is 1. The minimum absolute atomic E-state index is 0.134. The van der Waals surface area contributed by atoms with Gasteiger partial charge >= 0.3 is 0 Å². The average Bonchev–Trinajstić information content (AvgIpc) is 3.29. The van der Waals surface area contributed by atoms with Crippen molar-refractivity contribution in [3.8, 4) is 0 Å². The topological polar surface area (TPSA) is 77.0 Å². The van der Waals surface area contributed by atoms with Crippen molar-refractivity contribution in [2.45, 2.75) is 25.8 Å². The van der Waals surface area contributed by atoms with Gasteiger partial charge in [-0.2, -0.15) is 5.10 Å². The summed E-state index contributed by atoms with van der Waals surface area (Å²) in [6, 6.07) is 8.55. The first-order valence-corrected chi connectivity index (χ1v) is 9.15.